The molecule has 2 aromatic rings. The lowest BCUT2D eigenvalue weighted by Crippen LogP contribution is -2.01. The summed E-state index contributed by atoms with van der Waals surface area (Å²) in [6.07, 6.45) is 2.94. The standard InChI is InChI=1S/C13H11N3O/c14-8-13-11-5-2-6-12(11)15-16(13)9-3-1-4-10(17)7-9/h1,3-4,7,17H,2,5-6H2. The second-order valence-corrected chi connectivity index (χ2v) is 4.17. The second-order valence-electron chi connectivity index (χ2n) is 4.17. The molecule has 0 radical (unpaired) electrons. The Labute approximate surface area is 98.7 Å². The lowest BCUT2D eigenvalue weighted by atomic mass is 10.2. The van der Waals surface area contributed by atoms with Crippen molar-refractivity contribution in [3.63, 3.8) is 0 Å². The highest BCUT2D eigenvalue weighted by Gasteiger charge is 2.22. The SMILES string of the molecule is N#Cc1c2c(nn1-c1cccc(O)c1)CCC2. The van der Waals surface area contributed by atoms with Gasteiger partial charge < -0.3 is 5.11 Å². The average Bonchev–Trinajstić information content (AvgIpc) is 2.88. The van der Waals surface area contributed by atoms with Gasteiger partial charge in [-0.25, -0.2) is 4.68 Å². The molecule has 0 fully saturated rings. The zero-order valence-electron chi connectivity index (χ0n) is 9.22. The fourth-order valence-electron chi connectivity index (χ4n) is 2.32. The molecule has 1 aromatic heterocycles. The Morgan fingerprint density at radius 2 is 2.24 bits per heavy atom. The molecule has 0 spiro atoms. The van der Waals surface area contributed by atoms with E-state index < -0.39 is 0 Å². The molecule has 1 aliphatic rings. The summed E-state index contributed by atoms with van der Waals surface area (Å²) in [6, 6.07) is 9.02. The van der Waals surface area contributed by atoms with E-state index in [1.54, 1.807) is 22.9 Å². The Hall–Kier alpha value is -2.28. The third-order valence-corrected chi connectivity index (χ3v) is 3.09. The van der Waals surface area contributed by atoms with Crippen molar-refractivity contribution >= 4 is 0 Å². The number of fused-ring (bicyclic) bond motifs is 1. The predicted octanol–water partition coefficient (Wildman–Crippen LogP) is 1.94. The van der Waals surface area contributed by atoms with Gasteiger partial charge in [0, 0.05) is 11.6 Å². The molecule has 1 heterocycles. The number of benzene rings is 1. The molecule has 1 aliphatic carbocycles. The van der Waals surface area contributed by atoms with Gasteiger partial charge in [0.25, 0.3) is 0 Å². The highest BCUT2D eigenvalue weighted by molar-refractivity contribution is 5.46. The van der Waals surface area contributed by atoms with Gasteiger partial charge in [0.1, 0.15) is 17.5 Å². The van der Waals surface area contributed by atoms with E-state index in [0.717, 1.165) is 36.2 Å². The van der Waals surface area contributed by atoms with Crippen LogP contribution >= 0.6 is 0 Å². The van der Waals surface area contributed by atoms with Gasteiger partial charge in [0.15, 0.2) is 0 Å². The first kappa shape index (κ1) is 9.91. The van der Waals surface area contributed by atoms with Gasteiger partial charge in [-0.1, -0.05) is 6.07 Å². The summed E-state index contributed by atoms with van der Waals surface area (Å²) in [5, 5.41) is 23.1. The molecule has 0 atom stereocenters. The van der Waals surface area contributed by atoms with Crippen LogP contribution in [0.1, 0.15) is 23.4 Å². The van der Waals surface area contributed by atoms with Gasteiger partial charge in [-0.05, 0) is 31.4 Å². The van der Waals surface area contributed by atoms with Crippen LogP contribution in [0.4, 0.5) is 0 Å². The number of phenolic OH excluding ortho intramolecular Hbond substituents is 1. The Kier molecular flexibility index (Phi) is 2.12. The Balaban J connectivity index is 2.19. The van der Waals surface area contributed by atoms with E-state index in [9.17, 15) is 10.4 Å². The highest BCUT2D eigenvalue weighted by Crippen LogP contribution is 2.27. The fraction of sp³-hybridized carbons (Fsp3) is 0.231. The van der Waals surface area contributed by atoms with E-state index in [1.165, 1.54) is 0 Å². The zero-order chi connectivity index (χ0) is 11.8. The number of rotatable bonds is 1. The second kappa shape index (κ2) is 3.63. The summed E-state index contributed by atoms with van der Waals surface area (Å²) >= 11 is 0. The van der Waals surface area contributed by atoms with Crippen molar-refractivity contribution in [2.24, 2.45) is 0 Å². The molecule has 0 bridgehead atoms. The Morgan fingerprint density at radius 3 is 3.00 bits per heavy atom. The van der Waals surface area contributed by atoms with E-state index in [4.69, 9.17) is 0 Å². The lowest BCUT2D eigenvalue weighted by molar-refractivity contribution is 0.474. The monoisotopic (exact) mass is 225 g/mol. The van der Waals surface area contributed by atoms with Crippen LogP contribution in [-0.2, 0) is 12.8 Å². The van der Waals surface area contributed by atoms with Crippen LogP contribution in [0.15, 0.2) is 24.3 Å². The summed E-state index contributed by atoms with van der Waals surface area (Å²) < 4.78 is 1.63. The highest BCUT2D eigenvalue weighted by atomic mass is 16.3. The van der Waals surface area contributed by atoms with Crippen molar-refractivity contribution in [1.82, 2.24) is 9.78 Å². The smallest absolute Gasteiger partial charge is 0.147 e. The minimum atomic E-state index is 0.182. The molecule has 0 aliphatic heterocycles. The van der Waals surface area contributed by atoms with Crippen LogP contribution in [-0.4, -0.2) is 14.9 Å². The first-order valence-electron chi connectivity index (χ1n) is 5.60. The maximum atomic E-state index is 9.46. The van der Waals surface area contributed by atoms with Crippen molar-refractivity contribution in [3.8, 4) is 17.5 Å². The summed E-state index contributed by atoms with van der Waals surface area (Å²) in [4.78, 5) is 0. The quantitative estimate of drug-likeness (QED) is 0.806. The van der Waals surface area contributed by atoms with Crippen LogP contribution in [0, 0.1) is 11.3 Å². The summed E-state index contributed by atoms with van der Waals surface area (Å²) in [7, 11) is 0. The van der Waals surface area contributed by atoms with Gasteiger partial charge in [0.2, 0.25) is 0 Å². The van der Waals surface area contributed by atoms with Gasteiger partial charge in [-0.3, -0.25) is 0 Å². The molecule has 0 unspecified atom stereocenters. The van der Waals surface area contributed by atoms with Crippen molar-refractivity contribution < 1.29 is 5.11 Å². The number of hydrogen-bond donors (Lipinski definition) is 1. The molecule has 17 heavy (non-hydrogen) atoms. The number of aromatic nitrogens is 2. The number of phenols is 1. The van der Waals surface area contributed by atoms with E-state index in [1.807, 2.05) is 6.07 Å². The minimum Gasteiger partial charge on any atom is -0.508 e. The summed E-state index contributed by atoms with van der Waals surface area (Å²) in [5.41, 5.74) is 3.42. The number of nitriles is 1. The van der Waals surface area contributed by atoms with Crippen LogP contribution < -0.4 is 0 Å². The van der Waals surface area contributed by atoms with Gasteiger partial charge in [-0.2, -0.15) is 10.4 Å². The first-order valence-corrected chi connectivity index (χ1v) is 5.60. The predicted molar refractivity (Wildman–Crippen MR) is 62.0 cm³/mol. The molecule has 0 saturated heterocycles. The molecule has 3 rings (SSSR count). The van der Waals surface area contributed by atoms with Crippen molar-refractivity contribution in [2.45, 2.75) is 19.3 Å². The number of nitrogens with zero attached hydrogens (tertiary/aromatic N) is 3. The number of aryl methyl sites for hydroxylation is 1. The van der Waals surface area contributed by atoms with E-state index in [-0.39, 0.29) is 5.75 Å². The number of hydrogen-bond acceptors (Lipinski definition) is 3. The molecule has 0 amide bonds. The summed E-state index contributed by atoms with van der Waals surface area (Å²) in [6.45, 7) is 0. The normalized spacial score (nSPS) is 13.4. The van der Waals surface area contributed by atoms with Crippen LogP contribution in [0.5, 0.6) is 5.75 Å². The van der Waals surface area contributed by atoms with E-state index >= 15 is 0 Å². The molecule has 84 valence electrons. The van der Waals surface area contributed by atoms with Crippen LogP contribution in [0.2, 0.25) is 0 Å². The van der Waals surface area contributed by atoms with Crippen molar-refractivity contribution in [2.75, 3.05) is 0 Å². The molecule has 1 aromatic carbocycles. The maximum absolute atomic E-state index is 9.46. The Bertz CT molecular complexity index is 622. The van der Waals surface area contributed by atoms with Crippen LogP contribution in [0.3, 0.4) is 0 Å². The van der Waals surface area contributed by atoms with Gasteiger partial charge in [-0.15, -0.1) is 0 Å². The third-order valence-electron chi connectivity index (χ3n) is 3.09. The molecular formula is C13H11N3O. The van der Waals surface area contributed by atoms with Gasteiger partial charge >= 0.3 is 0 Å². The average molecular weight is 225 g/mol. The zero-order valence-corrected chi connectivity index (χ0v) is 9.22. The maximum Gasteiger partial charge on any atom is 0.147 e. The summed E-state index contributed by atoms with van der Waals surface area (Å²) in [5.74, 6) is 0.182. The minimum absolute atomic E-state index is 0.182. The van der Waals surface area contributed by atoms with E-state index in [2.05, 4.69) is 11.2 Å². The largest absolute Gasteiger partial charge is 0.508 e. The third kappa shape index (κ3) is 1.48. The van der Waals surface area contributed by atoms with Crippen molar-refractivity contribution in [3.05, 3.63) is 41.2 Å². The first-order chi connectivity index (χ1) is 8.29. The molecule has 4 heteroatoms. The molecule has 4 nitrogen and oxygen atoms in total. The molecule has 1 N–H and O–H groups in total. The molecule has 0 saturated carbocycles. The van der Waals surface area contributed by atoms with Gasteiger partial charge in [0.05, 0.1) is 11.4 Å². The number of aromatic hydroxyl groups is 1. The Morgan fingerprint density at radius 1 is 1.35 bits per heavy atom. The van der Waals surface area contributed by atoms with Crippen molar-refractivity contribution in [1.29, 1.82) is 5.26 Å². The van der Waals surface area contributed by atoms with E-state index in [0.29, 0.717) is 5.69 Å². The topological polar surface area (TPSA) is 61.8 Å². The van der Waals surface area contributed by atoms with Crippen LogP contribution in [0.25, 0.3) is 5.69 Å². The lowest BCUT2D eigenvalue weighted by Gasteiger charge is -2.04. The fourth-order valence-corrected chi connectivity index (χ4v) is 2.32. The molecular weight excluding hydrogens is 214 g/mol.